The molecule has 0 saturated heterocycles. The maximum Gasteiger partial charge on any atom is 0.124 e. The van der Waals surface area contributed by atoms with Crippen LogP contribution >= 0.6 is 11.8 Å². The van der Waals surface area contributed by atoms with Gasteiger partial charge in [0.2, 0.25) is 0 Å². The van der Waals surface area contributed by atoms with Crippen molar-refractivity contribution in [2.24, 2.45) is 0 Å². The number of nitriles is 1. The number of hydrogen-bond donors (Lipinski definition) is 0. The van der Waals surface area contributed by atoms with Crippen LogP contribution in [0, 0.1) is 17.1 Å². The fraction of sp³-hybridized carbons (Fsp3) is 0. The van der Waals surface area contributed by atoms with Crippen molar-refractivity contribution in [2.45, 2.75) is 9.92 Å². The molecule has 0 unspecified atom stereocenters. The van der Waals surface area contributed by atoms with Crippen LogP contribution in [0.3, 0.4) is 0 Å². The predicted molar refractivity (Wildman–Crippen MR) is 57.3 cm³/mol. The number of benzene rings is 1. The molecule has 2 rings (SSSR count). The van der Waals surface area contributed by atoms with Gasteiger partial charge < -0.3 is 0 Å². The highest BCUT2D eigenvalue weighted by atomic mass is 32.2. The molecule has 0 spiro atoms. The van der Waals surface area contributed by atoms with Crippen LogP contribution in [0.5, 0.6) is 0 Å². The molecule has 0 amide bonds. The van der Waals surface area contributed by atoms with E-state index >= 15 is 0 Å². The molecular weight excluding hydrogens is 225 g/mol. The quantitative estimate of drug-likeness (QED) is 0.797. The van der Waals surface area contributed by atoms with Gasteiger partial charge in [0.15, 0.2) is 0 Å². The number of nitrogens with zero attached hydrogens (tertiary/aromatic N) is 3. The van der Waals surface area contributed by atoms with Crippen molar-refractivity contribution < 1.29 is 4.39 Å². The Morgan fingerprint density at radius 3 is 2.88 bits per heavy atom. The van der Waals surface area contributed by atoms with Crippen molar-refractivity contribution in [2.75, 3.05) is 0 Å². The number of aromatic nitrogens is 2. The van der Waals surface area contributed by atoms with E-state index in [0.29, 0.717) is 15.5 Å². The Morgan fingerprint density at radius 1 is 1.31 bits per heavy atom. The molecule has 0 bridgehead atoms. The van der Waals surface area contributed by atoms with Crippen LogP contribution in [0.2, 0.25) is 0 Å². The second kappa shape index (κ2) is 4.73. The molecule has 1 aromatic carbocycles. The van der Waals surface area contributed by atoms with Gasteiger partial charge in [-0.25, -0.2) is 9.37 Å². The van der Waals surface area contributed by atoms with Gasteiger partial charge in [-0.1, -0.05) is 11.8 Å². The van der Waals surface area contributed by atoms with E-state index in [9.17, 15) is 4.39 Å². The summed E-state index contributed by atoms with van der Waals surface area (Å²) < 4.78 is 12.9. The van der Waals surface area contributed by atoms with E-state index in [1.54, 1.807) is 24.7 Å². The summed E-state index contributed by atoms with van der Waals surface area (Å²) >= 11 is 1.28. The number of halogens is 1. The lowest BCUT2D eigenvalue weighted by Crippen LogP contribution is -1.86. The van der Waals surface area contributed by atoms with Crippen molar-refractivity contribution in [1.82, 2.24) is 9.97 Å². The maximum atomic E-state index is 12.9. The first-order chi connectivity index (χ1) is 7.79. The Balaban J connectivity index is 2.32. The van der Waals surface area contributed by atoms with Gasteiger partial charge in [0, 0.05) is 17.3 Å². The van der Waals surface area contributed by atoms with Crippen molar-refractivity contribution in [3.63, 3.8) is 0 Å². The summed E-state index contributed by atoms with van der Waals surface area (Å²) in [6, 6.07) is 6.04. The van der Waals surface area contributed by atoms with E-state index in [2.05, 4.69) is 9.97 Å². The Bertz CT molecular complexity index is 537. The Kier molecular flexibility index (Phi) is 3.13. The smallest absolute Gasteiger partial charge is 0.124 e. The molecule has 0 atom stereocenters. The molecule has 0 aliphatic carbocycles. The second-order valence-corrected chi connectivity index (χ2v) is 3.96. The molecule has 0 saturated carbocycles. The van der Waals surface area contributed by atoms with E-state index in [0.717, 1.165) is 0 Å². The lowest BCUT2D eigenvalue weighted by atomic mass is 10.2. The molecule has 0 fully saturated rings. The highest BCUT2D eigenvalue weighted by Crippen LogP contribution is 2.28. The third-order valence-electron chi connectivity index (χ3n) is 1.82. The molecular formula is C11H6FN3S. The van der Waals surface area contributed by atoms with Gasteiger partial charge in [0.25, 0.3) is 0 Å². The molecule has 0 aliphatic rings. The Labute approximate surface area is 96.0 Å². The van der Waals surface area contributed by atoms with Gasteiger partial charge in [-0.05, 0) is 18.2 Å². The van der Waals surface area contributed by atoms with Gasteiger partial charge in [0.1, 0.15) is 16.9 Å². The van der Waals surface area contributed by atoms with Gasteiger partial charge in [-0.2, -0.15) is 5.26 Å². The summed E-state index contributed by atoms with van der Waals surface area (Å²) in [4.78, 5) is 8.65. The SMILES string of the molecule is N#Cc1cc(F)ccc1Sc1cnccn1. The predicted octanol–water partition coefficient (Wildman–Crippen LogP) is 2.64. The van der Waals surface area contributed by atoms with Crippen LogP contribution in [-0.4, -0.2) is 9.97 Å². The third kappa shape index (κ3) is 2.35. The summed E-state index contributed by atoms with van der Waals surface area (Å²) in [7, 11) is 0. The van der Waals surface area contributed by atoms with Crippen LogP contribution in [0.4, 0.5) is 4.39 Å². The standard InChI is InChI=1S/C11H6FN3S/c12-9-1-2-10(8(5-9)6-13)16-11-7-14-3-4-15-11/h1-5,7H. The normalized spacial score (nSPS) is 9.75. The lowest BCUT2D eigenvalue weighted by molar-refractivity contribution is 0.626. The number of hydrogen-bond acceptors (Lipinski definition) is 4. The highest BCUT2D eigenvalue weighted by Gasteiger charge is 2.06. The number of rotatable bonds is 2. The van der Waals surface area contributed by atoms with Gasteiger partial charge >= 0.3 is 0 Å². The first kappa shape index (κ1) is 10.6. The largest absolute Gasteiger partial charge is 0.260 e. The molecule has 3 nitrogen and oxygen atoms in total. The zero-order valence-electron chi connectivity index (χ0n) is 8.09. The molecule has 78 valence electrons. The van der Waals surface area contributed by atoms with E-state index < -0.39 is 5.82 Å². The van der Waals surface area contributed by atoms with Crippen molar-refractivity contribution in [1.29, 1.82) is 5.26 Å². The average molecular weight is 231 g/mol. The first-order valence-electron chi connectivity index (χ1n) is 4.43. The first-order valence-corrected chi connectivity index (χ1v) is 5.25. The molecule has 0 radical (unpaired) electrons. The molecule has 5 heteroatoms. The van der Waals surface area contributed by atoms with E-state index in [1.165, 1.54) is 23.9 Å². The summed E-state index contributed by atoms with van der Waals surface area (Å²) in [5, 5.41) is 9.53. The van der Waals surface area contributed by atoms with E-state index in [4.69, 9.17) is 5.26 Å². The Morgan fingerprint density at radius 2 is 2.19 bits per heavy atom. The molecule has 1 aromatic heterocycles. The van der Waals surface area contributed by atoms with Gasteiger partial charge in [-0.3, -0.25) is 4.98 Å². The van der Waals surface area contributed by atoms with E-state index in [-0.39, 0.29) is 0 Å². The molecule has 2 aromatic rings. The second-order valence-electron chi connectivity index (χ2n) is 2.90. The molecule has 1 heterocycles. The summed E-state index contributed by atoms with van der Waals surface area (Å²) in [6.07, 6.45) is 4.73. The lowest BCUT2D eigenvalue weighted by Gasteiger charge is -2.02. The van der Waals surface area contributed by atoms with Gasteiger partial charge in [-0.15, -0.1) is 0 Å². The van der Waals surface area contributed by atoms with Crippen molar-refractivity contribution >= 4 is 11.8 Å². The summed E-state index contributed by atoms with van der Waals surface area (Å²) in [5.41, 5.74) is 0.302. The monoisotopic (exact) mass is 231 g/mol. The van der Waals surface area contributed by atoms with Gasteiger partial charge in [0.05, 0.1) is 11.8 Å². The molecule has 0 N–H and O–H groups in total. The van der Waals surface area contributed by atoms with E-state index in [1.807, 2.05) is 6.07 Å². The van der Waals surface area contributed by atoms with Crippen LogP contribution in [0.25, 0.3) is 0 Å². The minimum Gasteiger partial charge on any atom is -0.260 e. The fourth-order valence-corrected chi connectivity index (χ4v) is 1.93. The van der Waals surface area contributed by atoms with Crippen LogP contribution in [0.1, 0.15) is 5.56 Å². The average Bonchev–Trinajstić information content (AvgIpc) is 2.33. The highest BCUT2D eigenvalue weighted by molar-refractivity contribution is 7.99. The van der Waals surface area contributed by atoms with Crippen LogP contribution < -0.4 is 0 Å². The minimum absolute atomic E-state index is 0.302. The van der Waals surface area contributed by atoms with Crippen molar-refractivity contribution in [3.8, 4) is 6.07 Å². The topological polar surface area (TPSA) is 49.6 Å². The van der Waals surface area contributed by atoms with Crippen LogP contribution in [0.15, 0.2) is 46.7 Å². The van der Waals surface area contributed by atoms with Crippen LogP contribution in [-0.2, 0) is 0 Å². The fourth-order valence-electron chi connectivity index (χ4n) is 1.13. The third-order valence-corrected chi connectivity index (χ3v) is 2.81. The minimum atomic E-state index is -0.417. The zero-order valence-corrected chi connectivity index (χ0v) is 8.91. The molecule has 0 aliphatic heterocycles. The molecule has 16 heavy (non-hydrogen) atoms. The maximum absolute atomic E-state index is 12.9. The Hall–Kier alpha value is -1.93. The summed E-state index contributed by atoms with van der Waals surface area (Å²) in [6.45, 7) is 0. The zero-order chi connectivity index (χ0) is 11.4. The van der Waals surface area contributed by atoms with Crippen molar-refractivity contribution in [3.05, 3.63) is 48.2 Å². The summed E-state index contributed by atoms with van der Waals surface area (Å²) in [5.74, 6) is -0.417.